The lowest BCUT2D eigenvalue weighted by Crippen LogP contribution is -1.94. The van der Waals surface area contributed by atoms with Crippen LogP contribution in [0.1, 0.15) is 21.6 Å². The van der Waals surface area contributed by atoms with Gasteiger partial charge in [0.05, 0.1) is 0 Å². The molecule has 24 heavy (non-hydrogen) atoms. The molecule has 0 saturated carbocycles. The van der Waals surface area contributed by atoms with E-state index in [1.165, 1.54) is 21.6 Å². The topological polar surface area (TPSA) is 20.2 Å². The molecule has 0 saturated heterocycles. The first-order valence-electron chi connectivity index (χ1n) is 8.02. The standard InChI is InChI=1S/C22H20OS/c23-21-13-11-19(12-14-21)17-22-20(10-6-1-2-7-15-24-22)16-18-8-4-3-5-9-18/h1-15,23H,16-17H2. The number of benzene rings is 2. The van der Waals surface area contributed by atoms with Gasteiger partial charge in [-0.1, -0.05) is 72.8 Å². The van der Waals surface area contributed by atoms with Gasteiger partial charge < -0.3 is 5.11 Å². The number of aromatic hydroxyl groups is 1. The molecule has 0 unspecified atom stereocenters. The van der Waals surface area contributed by atoms with Crippen molar-refractivity contribution in [1.82, 2.24) is 0 Å². The Balaban J connectivity index is 1.99. The van der Waals surface area contributed by atoms with Crippen LogP contribution < -0.4 is 0 Å². The highest BCUT2D eigenvalue weighted by Crippen LogP contribution is 2.21. The molecule has 0 spiro atoms. The highest BCUT2D eigenvalue weighted by Gasteiger charge is 2.04. The van der Waals surface area contributed by atoms with Crippen LogP contribution in [0.3, 0.4) is 0 Å². The van der Waals surface area contributed by atoms with Crippen molar-refractivity contribution < 1.29 is 5.11 Å². The van der Waals surface area contributed by atoms with E-state index < -0.39 is 0 Å². The Bertz CT molecular complexity index is 818. The molecule has 0 fully saturated rings. The second-order valence-corrected chi connectivity index (χ2v) is 6.65. The molecule has 0 radical (unpaired) electrons. The van der Waals surface area contributed by atoms with Crippen LogP contribution in [0.15, 0.2) is 90.3 Å². The molecule has 3 rings (SSSR count). The van der Waals surface area contributed by atoms with Crippen molar-refractivity contribution in [2.45, 2.75) is 12.8 Å². The van der Waals surface area contributed by atoms with Gasteiger partial charge in [-0.05, 0) is 40.6 Å². The second-order valence-electron chi connectivity index (χ2n) is 5.64. The Labute approximate surface area is 147 Å². The summed E-state index contributed by atoms with van der Waals surface area (Å²) in [5.74, 6) is 0.309. The normalized spacial score (nSPS) is 10.2. The lowest BCUT2D eigenvalue weighted by molar-refractivity contribution is 0.475. The SMILES string of the molecule is Oc1ccc(Cc2sccccccc2Cc2ccccc2)cc1. The van der Waals surface area contributed by atoms with Gasteiger partial charge >= 0.3 is 0 Å². The summed E-state index contributed by atoms with van der Waals surface area (Å²) >= 11 is 1.77. The van der Waals surface area contributed by atoms with Crippen LogP contribution in [0, 0.1) is 0 Å². The van der Waals surface area contributed by atoms with Crippen LogP contribution in [0.25, 0.3) is 0 Å². The zero-order chi connectivity index (χ0) is 16.6. The molecule has 0 aliphatic carbocycles. The Hall–Kier alpha value is -2.58. The van der Waals surface area contributed by atoms with Crippen molar-refractivity contribution in [3.63, 3.8) is 0 Å². The van der Waals surface area contributed by atoms with Gasteiger partial charge in [0.2, 0.25) is 0 Å². The maximum absolute atomic E-state index is 9.48. The molecule has 0 bridgehead atoms. The molecular weight excluding hydrogens is 312 g/mol. The molecule has 0 aliphatic heterocycles. The summed E-state index contributed by atoms with van der Waals surface area (Å²) in [6, 6.07) is 28.5. The van der Waals surface area contributed by atoms with Gasteiger partial charge in [0.1, 0.15) is 5.75 Å². The maximum Gasteiger partial charge on any atom is 0.115 e. The highest BCUT2D eigenvalue weighted by molar-refractivity contribution is 7.09. The van der Waals surface area contributed by atoms with Crippen molar-refractivity contribution in [3.05, 3.63) is 112 Å². The fourth-order valence-electron chi connectivity index (χ4n) is 2.56. The lowest BCUT2D eigenvalue weighted by Gasteiger charge is -2.08. The predicted molar refractivity (Wildman–Crippen MR) is 102 cm³/mol. The minimum atomic E-state index is 0.309. The van der Waals surface area contributed by atoms with Gasteiger partial charge in [-0.25, -0.2) is 0 Å². The molecule has 1 heterocycles. The molecule has 0 amide bonds. The Kier molecular flexibility index (Phi) is 5.65. The molecule has 3 aromatic rings. The van der Waals surface area contributed by atoms with Gasteiger partial charge in [-0.2, -0.15) is 0 Å². The maximum atomic E-state index is 9.48. The number of hydrogen-bond acceptors (Lipinski definition) is 2. The van der Waals surface area contributed by atoms with Crippen LogP contribution in [-0.2, 0) is 12.8 Å². The molecule has 1 aromatic heterocycles. The summed E-state index contributed by atoms with van der Waals surface area (Å²) in [7, 11) is 0. The molecular formula is C22H20OS. The minimum absolute atomic E-state index is 0.309. The van der Waals surface area contributed by atoms with E-state index in [0.29, 0.717) is 5.75 Å². The first kappa shape index (κ1) is 16.3. The van der Waals surface area contributed by atoms with Crippen molar-refractivity contribution in [2.24, 2.45) is 0 Å². The van der Waals surface area contributed by atoms with Crippen LogP contribution in [-0.4, -0.2) is 5.11 Å². The van der Waals surface area contributed by atoms with Crippen molar-refractivity contribution in [3.8, 4) is 5.75 Å². The van der Waals surface area contributed by atoms with Crippen LogP contribution in [0.2, 0.25) is 0 Å². The van der Waals surface area contributed by atoms with Gasteiger partial charge in [0.15, 0.2) is 0 Å². The highest BCUT2D eigenvalue weighted by atomic mass is 32.1. The summed E-state index contributed by atoms with van der Waals surface area (Å²) in [6.07, 6.45) is 1.78. The first-order chi connectivity index (χ1) is 11.8. The molecule has 0 atom stereocenters. The summed E-state index contributed by atoms with van der Waals surface area (Å²) in [4.78, 5) is 1.33. The van der Waals surface area contributed by atoms with Crippen LogP contribution in [0.4, 0.5) is 0 Å². The van der Waals surface area contributed by atoms with Gasteiger partial charge in [-0.15, -0.1) is 11.3 Å². The van der Waals surface area contributed by atoms with Crippen molar-refractivity contribution in [1.29, 1.82) is 0 Å². The molecule has 2 aromatic carbocycles. The van der Waals surface area contributed by atoms with E-state index >= 15 is 0 Å². The van der Waals surface area contributed by atoms with E-state index in [1.54, 1.807) is 23.5 Å². The van der Waals surface area contributed by atoms with Gasteiger partial charge in [-0.3, -0.25) is 0 Å². The van der Waals surface area contributed by atoms with Crippen molar-refractivity contribution >= 4 is 11.3 Å². The Morgan fingerprint density at radius 3 is 2.04 bits per heavy atom. The van der Waals surface area contributed by atoms with Crippen LogP contribution in [0.5, 0.6) is 5.75 Å². The van der Waals surface area contributed by atoms with E-state index in [2.05, 4.69) is 60.0 Å². The van der Waals surface area contributed by atoms with E-state index in [0.717, 1.165) is 12.8 Å². The average molecular weight is 332 g/mol. The minimum Gasteiger partial charge on any atom is -0.508 e. The van der Waals surface area contributed by atoms with E-state index in [4.69, 9.17) is 0 Å². The zero-order valence-electron chi connectivity index (χ0n) is 13.4. The Morgan fingerprint density at radius 1 is 0.625 bits per heavy atom. The van der Waals surface area contributed by atoms with E-state index in [1.807, 2.05) is 18.2 Å². The fraction of sp³-hybridized carbons (Fsp3) is 0.0909. The summed E-state index contributed by atoms with van der Waals surface area (Å²) in [5, 5.41) is 11.6. The molecule has 1 nitrogen and oxygen atoms in total. The predicted octanol–water partition coefficient (Wildman–Crippen LogP) is 5.76. The quantitative estimate of drug-likeness (QED) is 0.644. The van der Waals surface area contributed by atoms with Crippen molar-refractivity contribution in [2.75, 3.05) is 0 Å². The smallest absolute Gasteiger partial charge is 0.115 e. The number of phenolic OH excluding ortho intramolecular Hbond substituents is 1. The first-order valence-corrected chi connectivity index (χ1v) is 8.89. The fourth-order valence-corrected chi connectivity index (χ4v) is 3.44. The largest absolute Gasteiger partial charge is 0.508 e. The third-order valence-electron chi connectivity index (χ3n) is 3.82. The summed E-state index contributed by atoms with van der Waals surface area (Å²) in [6.45, 7) is 0. The number of rotatable bonds is 4. The zero-order valence-corrected chi connectivity index (χ0v) is 14.2. The Morgan fingerprint density at radius 2 is 1.25 bits per heavy atom. The molecule has 2 heteroatoms. The third-order valence-corrected chi connectivity index (χ3v) is 4.80. The van der Waals surface area contributed by atoms with Crippen LogP contribution >= 0.6 is 11.3 Å². The molecule has 0 aliphatic rings. The summed E-state index contributed by atoms with van der Waals surface area (Å²) < 4.78 is 0. The number of phenols is 1. The van der Waals surface area contributed by atoms with Gasteiger partial charge in [0.25, 0.3) is 0 Å². The van der Waals surface area contributed by atoms with Gasteiger partial charge in [0, 0.05) is 11.3 Å². The van der Waals surface area contributed by atoms with E-state index in [-0.39, 0.29) is 0 Å². The summed E-state index contributed by atoms with van der Waals surface area (Å²) in [5.41, 5.74) is 3.85. The monoisotopic (exact) mass is 332 g/mol. The molecule has 120 valence electrons. The van der Waals surface area contributed by atoms with E-state index in [9.17, 15) is 5.11 Å². The lowest BCUT2D eigenvalue weighted by atomic mass is 10.0. The molecule has 1 N–H and O–H groups in total. The number of hydrogen-bond donors (Lipinski definition) is 1. The average Bonchev–Trinajstić information content (AvgIpc) is 2.71. The third kappa shape index (κ3) is 4.71. The second kappa shape index (κ2) is 8.32.